The summed E-state index contributed by atoms with van der Waals surface area (Å²) in [7, 11) is 0. The molecular weight excluding hydrogens is 304 g/mol. The predicted molar refractivity (Wildman–Crippen MR) is 93.6 cm³/mol. The highest BCUT2D eigenvalue weighted by Crippen LogP contribution is 2.19. The molecule has 0 saturated heterocycles. The average molecular weight is 330 g/mol. The van der Waals surface area contributed by atoms with Gasteiger partial charge in [-0.05, 0) is 32.4 Å². The number of β-amino-alcohol motifs (C(OH)–C–C–N with tert-alkyl or cyclic N) is 1. The Morgan fingerprint density at radius 3 is 2.46 bits per heavy atom. The SMILES string of the molecule is Cc1c(OCc2ccccc2)ccc(C(O)CNC(C)(C)C)[n+]1[O-]. The fourth-order valence-corrected chi connectivity index (χ4v) is 2.28. The standard InChI is InChI=1S/C19H26N2O3/c1-14-18(24-13-15-8-6-5-7-9-15)11-10-16(21(14)23)17(22)12-20-19(2,3)4/h5-11,17,20,22H,12-13H2,1-4H3. The van der Waals surface area contributed by atoms with E-state index in [0.717, 1.165) is 10.3 Å². The Balaban J connectivity index is 2.07. The molecule has 2 rings (SSSR count). The molecule has 1 atom stereocenters. The van der Waals surface area contributed by atoms with Crippen LogP contribution in [0.2, 0.25) is 0 Å². The van der Waals surface area contributed by atoms with Gasteiger partial charge in [-0.3, -0.25) is 0 Å². The summed E-state index contributed by atoms with van der Waals surface area (Å²) >= 11 is 0. The number of nitrogens with one attached hydrogen (secondary N) is 1. The minimum atomic E-state index is -0.872. The molecule has 0 saturated carbocycles. The summed E-state index contributed by atoms with van der Waals surface area (Å²) in [6.07, 6.45) is -0.872. The quantitative estimate of drug-likeness (QED) is 0.631. The summed E-state index contributed by atoms with van der Waals surface area (Å²) in [5.41, 5.74) is 1.67. The van der Waals surface area contributed by atoms with Gasteiger partial charge in [-0.15, -0.1) is 0 Å². The fourth-order valence-electron chi connectivity index (χ4n) is 2.28. The van der Waals surface area contributed by atoms with Crippen LogP contribution in [-0.2, 0) is 6.61 Å². The van der Waals surface area contributed by atoms with Crippen molar-refractivity contribution in [3.8, 4) is 5.75 Å². The third kappa shape index (κ3) is 4.94. The highest BCUT2D eigenvalue weighted by molar-refractivity contribution is 5.25. The van der Waals surface area contributed by atoms with Crippen molar-refractivity contribution in [2.24, 2.45) is 0 Å². The smallest absolute Gasteiger partial charge is 0.232 e. The van der Waals surface area contributed by atoms with Crippen LogP contribution in [0.4, 0.5) is 0 Å². The molecule has 2 aromatic rings. The lowest BCUT2D eigenvalue weighted by atomic mass is 10.1. The Hall–Kier alpha value is -2.11. The summed E-state index contributed by atoms with van der Waals surface area (Å²) < 4.78 is 6.48. The zero-order valence-electron chi connectivity index (χ0n) is 14.7. The largest absolute Gasteiger partial charge is 0.618 e. The molecule has 5 heteroatoms. The molecule has 1 aromatic heterocycles. The Morgan fingerprint density at radius 2 is 1.83 bits per heavy atom. The molecule has 0 spiro atoms. The van der Waals surface area contributed by atoms with Gasteiger partial charge in [-0.1, -0.05) is 30.3 Å². The van der Waals surface area contributed by atoms with Crippen LogP contribution in [0.3, 0.4) is 0 Å². The zero-order chi connectivity index (χ0) is 17.7. The van der Waals surface area contributed by atoms with E-state index < -0.39 is 6.10 Å². The molecule has 24 heavy (non-hydrogen) atoms. The van der Waals surface area contributed by atoms with Gasteiger partial charge in [-0.25, -0.2) is 0 Å². The Labute approximate surface area is 143 Å². The van der Waals surface area contributed by atoms with Crippen LogP contribution >= 0.6 is 0 Å². The zero-order valence-corrected chi connectivity index (χ0v) is 14.7. The Kier molecular flexibility index (Phi) is 5.80. The van der Waals surface area contributed by atoms with Crippen LogP contribution in [-0.4, -0.2) is 17.2 Å². The fraction of sp³-hybridized carbons (Fsp3) is 0.421. The number of hydrogen-bond donors (Lipinski definition) is 2. The number of aliphatic hydroxyl groups excluding tert-OH is 1. The molecule has 0 radical (unpaired) electrons. The van der Waals surface area contributed by atoms with Gasteiger partial charge in [-0.2, -0.15) is 4.73 Å². The van der Waals surface area contributed by atoms with Crippen molar-refractivity contribution in [3.63, 3.8) is 0 Å². The maximum Gasteiger partial charge on any atom is 0.232 e. The van der Waals surface area contributed by atoms with Gasteiger partial charge in [0.05, 0.1) is 0 Å². The minimum Gasteiger partial charge on any atom is -0.618 e. The van der Waals surface area contributed by atoms with E-state index in [0.29, 0.717) is 30.3 Å². The first-order valence-electron chi connectivity index (χ1n) is 8.11. The van der Waals surface area contributed by atoms with E-state index in [2.05, 4.69) is 5.32 Å². The maximum absolute atomic E-state index is 12.4. The van der Waals surface area contributed by atoms with E-state index in [-0.39, 0.29) is 5.54 Å². The molecule has 2 N–H and O–H groups in total. The van der Waals surface area contributed by atoms with E-state index in [4.69, 9.17) is 4.74 Å². The van der Waals surface area contributed by atoms with Crippen LogP contribution in [0.25, 0.3) is 0 Å². The molecule has 0 amide bonds. The first-order chi connectivity index (χ1) is 11.3. The summed E-state index contributed by atoms with van der Waals surface area (Å²) in [4.78, 5) is 0. The monoisotopic (exact) mass is 330 g/mol. The molecule has 130 valence electrons. The average Bonchev–Trinajstić information content (AvgIpc) is 2.54. The number of hydrogen-bond acceptors (Lipinski definition) is 4. The first-order valence-corrected chi connectivity index (χ1v) is 8.11. The van der Waals surface area contributed by atoms with Crippen LogP contribution in [0.15, 0.2) is 42.5 Å². The van der Waals surface area contributed by atoms with Crippen molar-refractivity contribution in [2.45, 2.75) is 45.9 Å². The first kappa shape index (κ1) is 18.2. The number of benzene rings is 1. The van der Waals surface area contributed by atoms with Crippen molar-refractivity contribution in [3.05, 3.63) is 64.6 Å². The molecule has 0 aliphatic heterocycles. The lowest BCUT2D eigenvalue weighted by Gasteiger charge is -2.22. The number of aromatic nitrogens is 1. The van der Waals surface area contributed by atoms with Crippen molar-refractivity contribution in [1.82, 2.24) is 5.32 Å². The second-order valence-corrected chi connectivity index (χ2v) is 6.92. The van der Waals surface area contributed by atoms with Crippen LogP contribution in [0.5, 0.6) is 5.75 Å². The van der Waals surface area contributed by atoms with Gasteiger partial charge in [0.2, 0.25) is 11.4 Å². The molecule has 1 unspecified atom stereocenters. The molecular formula is C19H26N2O3. The summed E-state index contributed by atoms with van der Waals surface area (Å²) in [5, 5.41) is 25.9. The number of rotatable bonds is 6. The van der Waals surface area contributed by atoms with Crippen molar-refractivity contribution in [1.29, 1.82) is 0 Å². The van der Waals surface area contributed by atoms with Crippen molar-refractivity contribution >= 4 is 0 Å². The van der Waals surface area contributed by atoms with E-state index >= 15 is 0 Å². The van der Waals surface area contributed by atoms with Crippen molar-refractivity contribution < 1.29 is 14.6 Å². The molecule has 0 aliphatic carbocycles. The summed E-state index contributed by atoms with van der Waals surface area (Å²) in [6.45, 7) is 8.44. The number of nitrogens with zero attached hydrogens (tertiary/aromatic N) is 1. The number of aliphatic hydroxyl groups is 1. The van der Waals surface area contributed by atoms with E-state index in [1.807, 2.05) is 51.1 Å². The van der Waals surface area contributed by atoms with E-state index in [9.17, 15) is 10.3 Å². The van der Waals surface area contributed by atoms with E-state index in [1.165, 1.54) is 0 Å². The van der Waals surface area contributed by atoms with Crippen LogP contribution in [0, 0.1) is 12.1 Å². The molecule has 0 fully saturated rings. The second-order valence-electron chi connectivity index (χ2n) is 6.92. The third-order valence-corrected chi connectivity index (χ3v) is 3.71. The highest BCUT2D eigenvalue weighted by Gasteiger charge is 2.22. The minimum absolute atomic E-state index is 0.123. The van der Waals surface area contributed by atoms with Gasteiger partial charge in [0, 0.05) is 25.1 Å². The Bertz CT molecular complexity index is 666. The Morgan fingerprint density at radius 1 is 1.17 bits per heavy atom. The van der Waals surface area contributed by atoms with E-state index in [1.54, 1.807) is 19.1 Å². The van der Waals surface area contributed by atoms with Gasteiger partial charge in [0.15, 0.2) is 11.9 Å². The second kappa shape index (κ2) is 7.64. The summed E-state index contributed by atoms with van der Waals surface area (Å²) in [6, 6.07) is 13.1. The van der Waals surface area contributed by atoms with Gasteiger partial charge in [0.25, 0.3) is 0 Å². The van der Waals surface area contributed by atoms with Gasteiger partial charge in [0.1, 0.15) is 6.61 Å². The molecule has 0 bridgehead atoms. The maximum atomic E-state index is 12.4. The lowest BCUT2D eigenvalue weighted by molar-refractivity contribution is -0.625. The summed E-state index contributed by atoms with van der Waals surface area (Å²) in [5.74, 6) is 0.522. The molecule has 1 aromatic carbocycles. The third-order valence-electron chi connectivity index (χ3n) is 3.71. The van der Waals surface area contributed by atoms with Crippen molar-refractivity contribution in [2.75, 3.05) is 6.54 Å². The molecule has 0 aliphatic rings. The topological polar surface area (TPSA) is 68.4 Å². The van der Waals surface area contributed by atoms with Gasteiger partial charge >= 0.3 is 0 Å². The number of pyridine rings is 1. The normalized spacial score (nSPS) is 12.9. The lowest BCUT2D eigenvalue weighted by Crippen LogP contribution is -2.43. The van der Waals surface area contributed by atoms with Crippen LogP contribution in [0.1, 0.15) is 43.8 Å². The van der Waals surface area contributed by atoms with Crippen LogP contribution < -0.4 is 14.8 Å². The highest BCUT2D eigenvalue weighted by atomic mass is 16.5. The molecule has 5 nitrogen and oxygen atoms in total. The predicted octanol–water partition coefficient (Wildman–Crippen LogP) is 2.63. The van der Waals surface area contributed by atoms with Gasteiger partial charge < -0.3 is 20.4 Å². The number of ether oxygens (including phenoxy) is 1. The molecule has 1 heterocycles.